The molecule has 0 saturated carbocycles. The van der Waals surface area contributed by atoms with Crippen LogP contribution in [0.25, 0.3) is 10.8 Å². The first-order valence-corrected chi connectivity index (χ1v) is 10.2. The highest BCUT2D eigenvalue weighted by Gasteiger charge is 2.16. The monoisotopic (exact) mass is 407 g/mol. The minimum Gasteiger partial charge on any atom is -0.369 e. The molecule has 2 N–H and O–H groups in total. The highest BCUT2D eigenvalue weighted by Crippen LogP contribution is 2.26. The van der Waals surface area contributed by atoms with Gasteiger partial charge in [-0.1, -0.05) is 36.4 Å². The number of thiocarbonyl (C=S) groups is 1. The van der Waals surface area contributed by atoms with Gasteiger partial charge in [-0.3, -0.25) is 10.1 Å². The molecule has 1 heterocycles. The Hall–Kier alpha value is -2.99. The second kappa shape index (κ2) is 8.57. The van der Waals surface area contributed by atoms with Gasteiger partial charge in [-0.2, -0.15) is 0 Å². The number of nitrogens with one attached hydrogen (secondary N) is 2. The van der Waals surface area contributed by atoms with E-state index in [1.807, 2.05) is 36.4 Å². The molecule has 4 rings (SSSR count). The third-order valence-electron chi connectivity index (χ3n) is 5.16. The van der Waals surface area contributed by atoms with E-state index in [0.29, 0.717) is 16.9 Å². The number of hydrogen-bond acceptors (Lipinski definition) is 3. The van der Waals surface area contributed by atoms with Gasteiger partial charge in [0.15, 0.2) is 5.11 Å². The second-order valence-electron chi connectivity index (χ2n) is 7.15. The number of piperidine rings is 1. The summed E-state index contributed by atoms with van der Waals surface area (Å²) in [6.45, 7) is 1.76. The maximum atomic E-state index is 14.6. The van der Waals surface area contributed by atoms with Crippen LogP contribution in [-0.2, 0) is 0 Å². The molecule has 3 aromatic carbocycles. The van der Waals surface area contributed by atoms with Crippen LogP contribution >= 0.6 is 12.2 Å². The summed E-state index contributed by atoms with van der Waals surface area (Å²) >= 11 is 5.26. The number of benzene rings is 3. The molecule has 1 fully saturated rings. The summed E-state index contributed by atoms with van der Waals surface area (Å²) in [5.41, 5.74) is 1.66. The van der Waals surface area contributed by atoms with Gasteiger partial charge in [0, 0.05) is 24.3 Å². The number of anilines is 2. The van der Waals surface area contributed by atoms with Crippen LogP contribution in [0.5, 0.6) is 0 Å². The first kappa shape index (κ1) is 19.3. The van der Waals surface area contributed by atoms with E-state index in [0.717, 1.165) is 36.7 Å². The Bertz CT molecular complexity index is 1060. The molecule has 0 atom stereocenters. The first-order chi connectivity index (χ1) is 14.1. The summed E-state index contributed by atoms with van der Waals surface area (Å²) in [4.78, 5) is 14.7. The molecule has 0 bridgehead atoms. The van der Waals surface area contributed by atoms with Crippen molar-refractivity contribution >= 4 is 45.4 Å². The number of carbonyl (C=O) groups excluding carboxylic acids is 1. The maximum absolute atomic E-state index is 14.6. The minimum absolute atomic E-state index is 0.132. The van der Waals surface area contributed by atoms with E-state index in [4.69, 9.17) is 12.2 Å². The maximum Gasteiger partial charge on any atom is 0.258 e. The van der Waals surface area contributed by atoms with E-state index in [1.54, 1.807) is 18.2 Å². The van der Waals surface area contributed by atoms with Crippen LogP contribution in [0, 0.1) is 5.82 Å². The van der Waals surface area contributed by atoms with Crippen molar-refractivity contribution in [3.8, 4) is 0 Å². The van der Waals surface area contributed by atoms with E-state index in [2.05, 4.69) is 15.5 Å². The number of carbonyl (C=O) groups is 1. The number of amides is 1. The molecule has 0 spiro atoms. The van der Waals surface area contributed by atoms with Gasteiger partial charge in [0.25, 0.3) is 5.91 Å². The van der Waals surface area contributed by atoms with Crippen LogP contribution in [0.2, 0.25) is 0 Å². The Kier molecular flexibility index (Phi) is 5.71. The second-order valence-corrected chi connectivity index (χ2v) is 7.56. The smallest absolute Gasteiger partial charge is 0.258 e. The van der Waals surface area contributed by atoms with E-state index >= 15 is 0 Å². The van der Waals surface area contributed by atoms with Crippen molar-refractivity contribution in [2.75, 3.05) is 23.3 Å². The lowest BCUT2D eigenvalue weighted by molar-refractivity contribution is 0.0979. The van der Waals surface area contributed by atoms with Crippen LogP contribution in [0.4, 0.5) is 15.8 Å². The summed E-state index contributed by atoms with van der Waals surface area (Å²) < 4.78 is 14.6. The molecule has 0 aliphatic carbocycles. The van der Waals surface area contributed by atoms with Crippen LogP contribution < -0.4 is 15.5 Å². The predicted octanol–water partition coefficient (Wildman–Crippen LogP) is 5.10. The van der Waals surface area contributed by atoms with Crippen molar-refractivity contribution in [1.82, 2.24) is 5.32 Å². The molecule has 6 heteroatoms. The van der Waals surface area contributed by atoms with E-state index < -0.39 is 0 Å². The Morgan fingerprint density at radius 1 is 0.966 bits per heavy atom. The fourth-order valence-electron chi connectivity index (χ4n) is 3.73. The number of hydrogen-bond donors (Lipinski definition) is 2. The Balaban J connectivity index is 1.44. The molecule has 1 aliphatic rings. The normalized spacial score (nSPS) is 13.9. The lowest BCUT2D eigenvalue weighted by Gasteiger charge is -2.29. The lowest BCUT2D eigenvalue weighted by atomic mass is 10.0. The molecule has 1 aliphatic heterocycles. The van der Waals surface area contributed by atoms with Crippen molar-refractivity contribution in [1.29, 1.82) is 0 Å². The fourth-order valence-corrected chi connectivity index (χ4v) is 3.94. The molecule has 29 heavy (non-hydrogen) atoms. The van der Waals surface area contributed by atoms with Gasteiger partial charge in [-0.05, 0) is 66.5 Å². The number of halogens is 1. The minimum atomic E-state index is -0.301. The van der Waals surface area contributed by atoms with Gasteiger partial charge in [0.1, 0.15) is 5.82 Å². The topological polar surface area (TPSA) is 44.4 Å². The van der Waals surface area contributed by atoms with E-state index in [9.17, 15) is 9.18 Å². The van der Waals surface area contributed by atoms with Gasteiger partial charge in [-0.15, -0.1) is 0 Å². The highest BCUT2D eigenvalue weighted by molar-refractivity contribution is 7.80. The zero-order valence-electron chi connectivity index (χ0n) is 16.0. The summed E-state index contributed by atoms with van der Waals surface area (Å²) in [6.07, 6.45) is 3.37. The van der Waals surface area contributed by atoms with Crippen molar-refractivity contribution in [3.05, 3.63) is 72.0 Å². The summed E-state index contributed by atoms with van der Waals surface area (Å²) in [5.74, 6) is -0.593. The van der Waals surface area contributed by atoms with Crippen molar-refractivity contribution in [3.63, 3.8) is 0 Å². The third kappa shape index (κ3) is 4.38. The van der Waals surface area contributed by atoms with Gasteiger partial charge in [0.2, 0.25) is 0 Å². The average molecular weight is 408 g/mol. The SMILES string of the molecule is O=C(NC(=S)Nc1ccc(N2CCCCC2)c(F)c1)c1cccc2ccccc12. The van der Waals surface area contributed by atoms with E-state index in [1.165, 1.54) is 12.5 Å². The molecule has 148 valence electrons. The Labute approximate surface area is 174 Å². The van der Waals surface area contributed by atoms with Crippen LogP contribution in [0.1, 0.15) is 29.6 Å². The zero-order valence-corrected chi connectivity index (χ0v) is 16.8. The van der Waals surface area contributed by atoms with Crippen LogP contribution in [0.3, 0.4) is 0 Å². The molecule has 4 nitrogen and oxygen atoms in total. The van der Waals surface area contributed by atoms with Gasteiger partial charge < -0.3 is 10.2 Å². The molecule has 0 aromatic heterocycles. The Morgan fingerprint density at radius 2 is 1.72 bits per heavy atom. The summed E-state index contributed by atoms with van der Waals surface area (Å²) in [5, 5.41) is 7.55. The van der Waals surface area contributed by atoms with Crippen molar-refractivity contribution in [2.45, 2.75) is 19.3 Å². The fraction of sp³-hybridized carbons (Fsp3) is 0.217. The number of fused-ring (bicyclic) bond motifs is 1. The highest BCUT2D eigenvalue weighted by atomic mass is 32.1. The molecular weight excluding hydrogens is 385 g/mol. The number of nitrogens with zero attached hydrogens (tertiary/aromatic N) is 1. The van der Waals surface area contributed by atoms with Crippen molar-refractivity contribution in [2.24, 2.45) is 0 Å². The largest absolute Gasteiger partial charge is 0.369 e. The standard InChI is InChI=1S/C23H22FN3OS/c24-20-15-17(11-12-21(20)27-13-4-1-5-14-27)25-23(29)26-22(28)19-10-6-8-16-7-2-3-9-18(16)19/h2-3,6-12,15H,1,4-5,13-14H2,(H2,25,26,28,29). The first-order valence-electron chi connectivity index (χ1n) is 9.76. The van der Waals surface area contributed by atoms with Gasteiger partial charge in [0.05, 0.1) is 5.69 Å². The third-order valence-corrected chi connectivity index (χ3v) is 5.37. The zero-order chi connectivity index (χ0) is 20.2. The summed E-state index contributed by atoms with van der Waals surface area (Å²) in [7, 11) is 0. The predicted molar refractivity (Wildman–Crippen MR) is 120 cm³/mol. The molecule has 3 aromatic rings. The molecule has 1 saturated heterocycles. The molecule has 1 amide bonds. The number of rotatable bonds is 3. The lowest BCUT2D eigenvalue weighted by Crippen LogP contribution is -2.34. The quantitative estimate of drug-likeness (QED) is 0.593. The van der Waals surface area contributed by atoms with Gasteiger partial charge in [-0.25, -0.2) is 4.39 Å². The van der Waals surface area contributed by atoms with Gasteiger partial charge >= 0.3 is 0 Å². The Morgan fingerprint density at radius 3 is 2.52 bits per heavy atom. The van der Waals surface area contributed by atoms with Crippen LogP contribution in [-0.4, -0.2) is 24.1 Å². The van der Waals surface area contributed by atoms with Crippen molar-refractivity contribution < 1.29 is 9.18 Å². The summed E-state index contributed by atoms with van der Waals surface area (Å²) in [6, 6.07) is 18.2. The van der Waals surface area contributed by atoms with E-state index in [-0.39, 0.29) is 16.8 Å². The average Bonchev–Trinajstić information content (AvgIpc) is 2.74. The molecular formula is C23H22FN3OS. The molecule has 0 radical (unpaired) electrons. The molecule has 0 unspecified atom stereocenters. The van der Waals surface area contributed by atoms with Crippen LogP contribution in [0.15, 0.2) is 60.7 Å².